The summed E-state index contributed by atoms with van der Waals surface area (Å²) < 4.78 is 39.4. The first-order chi connectivity index (χ1) is 9.19. The summed E-state index contributed by atoms with van der Waals surface area (Å²) in [6, 6.07) is 4.14. The van der Waals surface area contributed by atoms with Crippen LogP contribution >= 0.6 is 0 Å². The average molecular weight is 292 g/mol. The van der Waals surface area contributed by atoms with Gasteiger partial charge in [0.15, 0.2) is 0 Å². The third kappa shape index (κ3) is 5.14. The van der Waals surface area contributed by atoms with E-state index in [0.717, 1.165) is 24.3 Å². The minimum Gasteiger partial charge on any atom is -0.406 e. The molecule has 1 aromatic rings. The molecule has 0 aliphatic carbocycles. The number of rotatable bonds is 5. The second-order valence-corrected chi connectivity index (χ2v) is 3.70. The van der Waals surface area contributed by atoms with Crippen LogP contribution in [0.1, 0.15) is 10.4 Å². The molecular formula is C11H11F3N2O4. The molecule has 110 valence electrons. The molecule has 0 bridgehead atoms. The summed E-state index contributed by atoms with van der Waals surface area (Å²) in [7, 11) is 0. The van der Waals surface area contributed by atoms with Gasteiger partial charge in [-0.15, -0.1) is 13.2 Å². The van der Waals surface area contributed by atoms with Crippen molar-refractivity contribution in [1.82, 2.24) is 5.32 Å². The van der Waals surface area contributed by atoms with Gasteiger partial charge in [0.2, 0.25) is 5.91 Å². The maximum Gasteiger partial charge on any atom is 0.573 e. The number of amides is 2. The van der Waals surface area contributed by atoms with E-state index in [1.54, 1.807) is 0 Å². The Morgan fingerprint density at radius 2 is 1.85 bits per heavy atom. The normalized spacial score (nSPS) is 12.6. The van der Waals surface area contributed by atoms with Crippen LogP contribution in [0.3, 0.4) is 0 Å². The van der Waals surface area contributed by atoms with Gasteiger partial charge >= 0.3 is 6.36 Å². The van der Waals surface area contributed by atoms with E-state index in [9.17, 15) is 22.8 Å². The van der Waals surface area contributed by atoms with E-state index < -0.39 is 36.6 Å². The van der Waals surface area contributed by atoms with Crippen molar-refractivity contribution in [3.05, 3.63) is 29.8 Å². The van der Waals surface area contributed by atoms with Crippen LogP contribution in [0, 0.1) is 0 Å². The Morgan fingerprint density at radius 3 is 2.30 bits per heavy atom. The topological polar surface area (TPSA) is 102 Å². The van der Waals surface area contributed by atoms with Crippen LogP contribution in [-0.2, 0) is 4.79 Å². The number of carbonyl (C=O) groups excluding carboxylic acids is 2. The molecule has 0 spiro atoms. The van der Waals surface area contributed by atoms with Crippen molar-refractivity contribution >= 4 is 11.8 Å². The molecule has 9 heteroatoms. The number of halogens is 3. The SMILES string of the molecule is NC(=O)C(O)CNC(=O)c1ccc(OC(F)(F)F)cc1. The van der Waals surface area contributed by atoms with Gasteiger partial charge in [-0.1, -0.05) is 0 Å². The Morgan fingerprint density at radius 1 is 1.30 bits per heavy atom. The maximum absolute atomic E-state index is 11.9. The van der Waals surface area contributed by atoms with Crippen LogP contribution in [0.2, 0.25) is 0 Å². The van der Waals surface area contributed by atoms with Gasteiger partial charge < -0.3 is 20.9 Å². The van der Waals surface area contributed by atoms with Gasteiger partial charge in [0.1, 0.15) is 11.9 Å². The molecule has 0 radical (unpaired) electrons. The number of benzene rings is 1. The van der Waals surface area contributed by atoms with Crippen molar-refractivity contribution in [2.24, 2.45) is 5.73 Å². The Balaban J connectivity index is 2.60. The summed E-state index contributed by atoms with van der Waals surface area (Å²) in [5, 5.41) is 11.3. The van der Waals surface area contributed by atoms with Crippen molar-refractivity contribution < 1.29 is 32.6 Å². The largest absolute Gasteiger partial charge is 0.573 e. The maximum atomic E-state index is 11.9. The highest BCUT2D eigenvalue weighted by atomic mass is 19.4. The number of alkyl halides is 3. The predicted molar refractivity (Wildman–Crippen MR) is 60.7 cm³/mol. The molecule has 0 aliphatic heterocycles. The van der Waals surface area contributed by atoms with Gasteiger partial charge in [-0.2, -0.15) is 0 Å². The second kappa shape index (κ2) is 6.24. The molecule has 2 amide bonds. The zero-order valence-corrected chi connectivity index (χ0v) is 9.98. The van der Waals surface area contributed by atoms with Gasteiger partial charge in [-0.05, 0) is 24.3 Å². The fourth-order valence-electron chi connectivity index (χ4n) is 1.20. The Bertz CT molecular complexity index is 487. The third-order valence-electron chi connectivity index (χ3n) is 2.13. The van der Waals surface area contributed by atoms with E-state index in [1.807, 2.05) is 0 Å². The van der Waals surface area contributed by atoms with E-state index in [2.05, 4.69) is 10.1 Å². The van der Waals surface area contributed by atoms with Gasteiger partial charge in [0.05, 0.1) is 6.54 Å². The molecule has 0 saturated heterocycles. The Labute approximate surface area is 111 Å². The van der Waals surface area contributed by atoms with E-state index in [1.165, 1.54) is 0 Å². The van der Waals surface area contributed by atoms with Crippen LogP contribution in [0.5, 0.6) is 5.75 Å². The minimum atomic E-state index is -4.81. The number of nitrogens with one attached hydrogen (secondary N) is 1. The van der Waals surface area contributed by atoms with Crippen molar-refractivity contribution in [1.29, 1.82) is 0 Å². The average Bonchev–Trinajstić information content (AvgIpc) is 2.34. The zero-order valence-electron chi connectivity index (χ0n) is 9.98. The summed E-state index contributed by atoms with van der Waals surface area (Å²) >= 11 is 0. The lowest BCUT2D eigenvalue weighted by Gasteiger charge is -2.10. The van der Waals surface area contributed by atoms with E-state index >= 15 is 0 Å². The van der Waals surface area contributed by atoms with Crippen LogP contribution in [-0.4, -0.2) is 35.9 Å². The number of aliphatic hydroxyl groups excluding tert-OH is 1. The lowest BCUT2D eigenvalue weighted by Crippen LogP contribution is -2.39. The van der Waals surface area contributed by atoms with Crippen LogP contribution in [0.4, 0.5) is 13.2 Å². The van der Waals surface area contributed by atoms with E-state index in [-0.39, 0.29) is 5.56 Å². The lowest BCUT2D eigenvalue weighted by atomic mass is 10.2. The highest BCUT2D eigenvalue weighted by Crippen LogP contribution is 2.22. The third-order valence-corrected chi connectivity index (χ3v) is 2.13. The van der Waals surface area contributed by atoms with E-state index in [0.29, 0.717) is 0 Å². The molecular weight excluding hydrogens is 281 g/mol. The van der Waals surface area contributed by atoms with Crippen molar-refractivity contribution in [3.63, 3.8) is 0 Å². The van der Waals surface area contributed by atoms with Crippen LogP contribution < -0.4 is 15.8 Å². The van der Waals surface area contributed by atoms with Crippen molar-refractivity contribution in [2.45, 2.75) is 12.5 Å². The number of nitrogens with two attached hydrogens (primary N) is 1. The number of hydrogen-bond donors (Lipinski definition) is 3. The van der Waals surface area contributed by atoms with E-state index in [4.69, 9.17) is 10.8 Å². The Kier molecular flexibility index (Phi) is 4.92. The first kappa shape index (κ1) is 15.8. The predicted octanol–water partition coefficient (Wildman–Crippen LogP) is 0.161. The summed E-state index contributed by atoms with van der Waals surface area (Å²) in [6.45, 7) is -0.394. The molecule has 0 aliphatic rings. The molecule has 4 N–H and O–H groups in total. The molecule has 1 unspecified atom stereocenters. The molecule has 0 aromatic heterocycles. The summed E-state index contributed by atoms with van der Waals surface area (Å²) in [4.78, 5) is 22.1. The van der Waals surface area contributed by atoms with Gasteiger partial charge in [-0.3, -0.25) is 9.59 Å². The Hall–Kier alpha value is -2.29. The van der Waals surface area contributed by atoms with Gasteiger partial charge in [-0.25, -0.2) is 0 Å². The first-order valence-corrected chi connectivity index (χ1v) is 5.30. The monoisotopic (exact) mass is 292 g/mol. The quantitative estimate of drug-likeness (QED) is 0.719. The molecule has 1 aromatic carbocycles. The zero-order chi connectivity index (χ0) is 15.3. The summed E-state index contributed by atoms with van der Waals surface area (Å²) in [5.41, 5.74) is 4.81. The van der Waals surface area contributed by atoms with Crippen LogP contribution in [0.25, 0.3) is 0 Å². The fourth-order valence-corrected chi connectivity index (χ4v) is 1.20. The standard InChI is InChI=1S/C11H11F3N2O4/c12-11(13,14)20-7-3-1-6(2-4-7)10(19)16-5-8(17)9(15)18/h1-4,8,17H,5H2,(H2,15,18)(H,16,19). The van der Waals surface area contributed by atoms with Crippen molar-refractivity contribution in [3.8, 4) is 5.75 Å². The van der Waals surface area contributed by atoms with Gasteiger partial charge in [0.25, 0.3) is 5.91 Å². The highest BCUT2D eigenvalue weighted by molar-refractivity contribution is 5.94. The highest BCUT2D eigenvalue weighted by Gasteiger charge is 2.31. The molecule has 0 saturated carbocycles. The number of hydrogen-bond acceptors (Lipinski definition) is 4. The lowest BCUT2D eigenvalue weighted by molar-refractivity contribution is -0.274. The van der Waals surface area contributed by atoms with Gasteiger partial charge in [0, 0.05) is 5.56 Å². The number of ether oxygens (including phenoxy) is 1. The summed E-state index contributed by atoms with van der Waals surface area (Å²) in [5.74, 6) is -2.14. The second-order valence-electron chi connectivity index (χ2n) is 3.70. The summed E-state index contributed by atoms with van der Waals surface area (Å²) in [6.07, 6.45) is -6.35. The number of primary amides is 1. The van der Waals surface area contributed by atoms with Crippen LogP contribution in [0.15, 0.2) is 24.3 Å². The number of carbonyl (C=O) groups is 2. The molecule has 1 atom stereocenters. The molecule has 6 nitrogen and oxygen atoms in total. The molecule has 0 heterocycles. The minimum absolute atomic E-state index is 0.0381. The molecule has 1 rings (SSSR count). The van der Waals surface area contributed by atoms with Crippen molar-refractivity contribution in [2.75, 3.05) is 6.54 Å². The smallest absolute Gasteiger partial charge is 0.406 e. The first-order valence-electron chi connectivity index (χ1n) is 5.30. The fraction of sp³-hybridized carbons (Fsp3) is 0.273. The molecule has 0 fully saturated rings. The number of aliphatic hydroxyl groups is 1. The molecule has 20 heavy (non-hydrogen) atoms.